The minimum absolute atomic E-state index is 0.0486. The van der Waals surface area contributed by atoms with E-state index in [4.69, 9.17) is 4.18 Å². The Kier molecular flexibility index (Phi) is 9.01. The van der Waals surface area contributed by atoms with Crippen LogP contribution in [0.1, 0.15) is 41.5 Å². The van der Waals surface area contributed by atoms with E-state index in [1.165, 1.54) is 7.11 Å². The molecule has 0 rings (SSSR count). The van der Waals surface area contributed by atoms with Crippen LogP contribution in [-0.2, 0) is 14.3 Å². The van der Waals surface area contributed by atoms with Crippen molar-refractivity contribution in [3.8, 4) is 0 Å². The molecule has 0 aliphatic heterocycles. The van der Waals surface area contributed by atoms with Gasteiger partial charge in [-0.2, -0.15) is 0 Å². The maximum atomic E-state index is 12.8. The van der Waals surface area contributed by atoms with E-state index < -0.39 is 36.7 Å². The van der Waals surface area contributed by atoms with Crippen molar-refractivity contribution in [1.82, 2.24) is 0 Å². The predicted octanol–water partition coefficient (Wildman–Crippen LogP) is 4.43. The van der Waals surface area contributed by atoms with Gasteiger partial charge in [-0.3, -0.25) is 0 Å². The zero-order valence-electron chi connectivity index (χ0n) is 14.5. The van der Waals surface area contributed by atoms with Crippen molar-refractivity contribution in [2.75, 3.05) is 7.11 Å². The topological polar surface area (TPSA) is 43.4 Å². The second-order valence-electron chi connectivity index (χ2n) is 5.89. The number of rotatable bonds is 10. The van der Waals surface area contributed by atoms with Gasteiger partial charge in [-0.15, -0.1) is 0 Å². The Bertz CT molecular complexity index is 337. The first-order valence-corrected chi connectivity index (χ1v) is 20.9. The molecule has 0 aromatic carbocycles. The summed E-state index contributed by atoms with van der Waals surface area (Å²) in [4.78, 5) is 0. The third-order valence-corrected chi connectivity index (χ3v) is 51.5. The first kappa shape index (κ1) is 21.0. The second kappa shape index (κ2) is 8.58. The molecule has 20 heavy (non-hydrogen) atoms. The summed E-state index contributed by atoms with van der Waals surface area (Å²) in [5.41, 5.74) is 0. The Morgan fingerprint density at radius 1 is 0.750 bits per heavy atom. The van der Waals surface area contributed by atoms with Crippen molar-refractivity contribution in [2.45, 2.75) is 76.0 Å². The van der Waals surface area contributed by atoms with E-state index in [1.807, 2.05) is 0 Å². The fourth-order valence-electron chi connectivity index (χ4n) is 3.97. The molecule has 0 fully saturated rings. The van der Waals surface area contributed by atoms with E-state index in [1.54, 1.807) is 0 Å². The van der Waals surface area contributed by atoms with E-state index in [-0.39, 0.29) is 2.91 Å². The first-order valence-electron chi connectivity index (χ1n) is 8.09. The average molecular weight is 428 g/mol. The summed E-state index contributed by atoms with van der Waals surface area (Å²) in [5.74, 6) is 0. The van der Waals surface area contributed by atoms with Crippen molar-refractivity contribution < 1.29 is 12.6 Å². The molecule has 0 aliphatic rings. The van der Waals surface area contributed by atoms with Crippen molar-refractivity contribution in [3.63, 3.8) is 0 Å². The molecule has 0 aliphatic carbocycles. The van der Waals surface area contributed by atoms with Crippen LogP contribution in [0.25, 0.3) is 0 Å². The molecule has 0 saturated heterocycles. The zero-order valence-corrected chi connectivity index (χ0v) is 19.5. The monoisotopic (exact) mass is 430 g/mol. The van der Waals surface area contributed by atoms with Gasteiger partial charge in [-0.1, -0.05) is 0 Å². The van der Waals surface area contributed by atoms with Crippen LogP contribution in [0.4, 0.5) is 0 Å². The van der Waals surface area contributed by atoms with Gasteiger partial charge in [0.2, 0.25) is 0 Å². The molecule has 0 unspecified atom stereocenters. The predicted molar refractivity (Wildman–Crippen MR) is 94.1 cm³/mol. The van der Waals surface area contributed by atoms with Crippen molar-refractivity contribution in [3.05, 3.63) is 0 Å². The van der Waals surface area contributed by atoms with Gasteiger partial charge < -0.3 is 0 Å². The molecule has 0 spiro atoms. The Morgan fingerprint density at radius 2 is 1.00 bits per heavy atom. The molecule has 0 aromatic rings. The van der Waals surface area contributed by atoms with Gasteiger partial charge in [0.25, 0.3) is 0 Å². The van der Waals surface area contributed by atoms with E-state index in [0.29, 0.717) is 0 Å². The van der Waals surface area contributed by atoms with Gasteiger partial charge in [0.15, 0.2) is 0 Å². The Balaban J connectivity index is 6.24. The molecule has 0 radical (unpaired) electrons. The molecule has 0 saturated carbocycles. The third-order valence-electron chi connectivity index (χ3n) is 5.86. The quantitative estimate of drug-likeness (QED) is 0.383. The summed E-state index contributed by atoms with van der Waals surface area (Å²) in [6.45, 7) is 13.3. The van der Waals surface area contributed by atoms with Gasteiger partial charge in [0, 0.05) is 0 Å². The Morgan fingerprint density at radius 3 is 1.15 bits per heavy atom. The van der Waals surface area contributed by atoms with Gasteiger partial charge >= 0.3 is 132 Å². The summed E-state index contributed by atoms with van der Waals surface area (Å²) < 4.78 is 30.7. The fraction of sp³-hybridized carbons (Fsp3) is 1.00. The fourth-order valence-corrected chi connectivity index (χ4v) is 60.7. The van der Waals surface area contributed by atoms with Crippen LogP contribution < -0.4 is 0 Å². The van der Waals surface area contributed by atoms with Crippen molar-refractivity contribution in [1.29, 1.82) is 0 Å². The van der Waals surface area contributed by atoms with Gasteiger partial charge in [-0.25, -0.2) is 0 Å². The summed E-state index contributed by atoms with van der Waals surface area (Å²) in [7, 11) is -2.02. The second-order valence-corrected chi connectivity index (χ2v) is 34.7. The molecule has 0 aromatic heterocycles. The normalized spacial score (nSPS) is 14.0. The molecular formula is C14H34Ge2O3S. The standard InChI is InChI=1S/C14H34Ge2O3S/c1-8-15(9-2,10-3)14(20(17,18)19-7)16(11-4,12-5)13-6/h14H,8-13H2,1-7H3. The number of hydrogen-bond donors (Lipinski definition) is 0. The van der Waals surface area contributed by atoms with Crippen molar-refractivity contribution >= 4 is 36.7 Å². The molecular weight excluding hydrogens is 393 g/mol. The van der Waals surface area contributed by atoms with E-state index in [0.717, 1.165) is 31.5 Å². The molecule has 122 valence electrons. The SMILES string of the molecule is C[CH2][Ge]([CH2]C)([CH2]C)[CH](S(=O)(=O)OC)[Ge]([CH2]C)([CH2]C)[CH2]C. The van der Waals surface area contributed by atoms with Crippen LogP contribution in [-0.4, -0.2) is 45.0 Å². The first-order chi connectivity index (χ1) is 9.29. The van der Waals surface area contributed by atoms with Crippen molar-refractivity contribution in [2.24, 2.45) is 0 Å². The van der Waals surface area contributed by atoms with Crippen LogP contribution >= 0.6 is 0 Å². The Hall–Kier alpha value is 0.996. The van der Waals surface area contributed by atoms with Crippen LogP contribution in [0.3, 0.4) is 0 Å². The molecule has 0 N–H and O–H groups in total. The molecule has 0 amide bonds. The maximum absolute atomic E-state index is 12.8. The van der Waals surface area contributed by atoms with Gasteiger partial charge in [-0.05, 0) is 0 Å². The van der Waals surface area contributed by atoms with Crippen LogP contribution in [0.15, 0.2) is 0 Å². The van der Waals surface area contributed by atoms with Crippen LogP contribution in [0, 0.1) is 0 Å². The summed E-state index contributed by atoms with van der Waals surface area (Å²) in [6, 6.07) is 0. The van der Waals surface area contributed by atoms with Crippen LogP contribution in [0.5, 0.6) is 0 Å². The molecule has 0 heterocycles. The molecule has 0 bridgehead atoms. The zero-order chi connectivity index (χ0) is 16.0. The Labute approximate surface area is 132 Å². The van der Waals surface area contributed by atoms with Gasteiger partial charge in [0.1, 0.15) is 0 Å². The van der Waals surface area contributed by atoms with Crippen LogP contribution in [0.2, 0.25) is 31.5 Å². The minimum atomic E-state index is -3.38. The summed E-state index contributed by atoms with van der Waals surface area (Å²) in [6.07, 6.45) is 0. The van der Waals surface area contributed by atoms with E-state index in [9.17, 15) is 8.42 Å². The summed E-state index contributed by atoms with van der Waals surface area (Å²) in [5, 5.41) is 6.63. The number of hydrogen-bond acceptors (Lipinski definition) is 3. The van der Waals surface area contributed by atoms with E-state index >= 15 is 0 Å². The summed E-state index contributed by atoms with van der Waals surface area (Å²) >= 11 is -4.86. The third kappa shape index (κ3) is 3.85. The average Bonchev–Trinajstić information content (AvgIpc) is 2.49. The molecule has 3 nitrogen and oxygen atoms in total. The van der Waals surface area contributed by atoms with E-state index in [2.05, 4.69) is 41.5 Å². The van der Waals surface area contributed by atoms with Gasteiger partial charge in [0.05, 0.1) is 0 Å². The molecule has 0 atom stereocenters. The molecule has 6 heteroatoms.